The van der Waals surface area contributed by atoms with E-state index in [1.54, 1.807) is 7.11 Å². The lowest BCUT2D eigenvalue weighted by Gasteiger charge is -2.25. The zero-order valence-electron chi connectivity index (χ0n) is 9.25. The van der Waals surface area contributed by atoms with Crippen LogP contribution in [0.15, 0.2) is 18.2 Å². The average Bonchev–Trinajstić information content (AvgIpc) is 2.68. The SMILES string of the molecule is COc1cccc2c1CC(CCl)N2CCCl. The van der Waals surface area contributed by atoms with Gasteiger partial charge in [-0.1, -0.05) is 6.07 Å². The van der Waals surface area contributed by atoms with Gasteiger partial charge in [0.1, 0.15) is 5.75 Å². The first-order valence-electron chi connectivity index (χ1n) is 5.36. The summed E-state index contributed by atoms with van der Waals surface area (Å²) in [6.45, 7) is 0.832. The highest BCUT2D eigenvalue weighted by Crippen LogP contribution is 2.38. The summed E-state index contributed by atoms with van der Waals surface area (Å²) in [5.74, 6) is 2.18. The van der Waals surface area contributed by atoms with Gasteiger partial charge in [0.05, 0.1) is 7.11 Å². The molecule has 88 valence electrons. The maximum absolute atomic E-state index is 6.00. The van der Waals surface area contributed by atoms with Gasteiger partial charge >= 0.3 is 0 Å². The van der Waals surface area contributed by atoms with Crippen LogP contribution in [0.2, 0.25) is 0 Å². The van der Waals surface area contributed by atoms with Crippen molar-refractivity contribution in [1.82, 2.24) is 0 Å². The second kappa shape index (κ2) is 5.15. The molecule has 16 heavy (non-hydrogen) atoms. The highest BCUT2D eigenvalue weighted by molar-refractivity contribution is 6.19. The number of fused-ring (bicyclic) bond motifs is 1. The van der Waals surface area contributed by atoms with Crippen molar-refractivity contribution >= 4 is 28.9 Å². The molecule has 0 aliphatic carbocycles. The Morgan fingerprint density at radius 2 is 2.25 bits per heavy atom. The van der Waals surface area contributed by atoms with Gasteiger partial charge in [-0.3, -0.25) is 0 Å². The van der Waals surface area contributed by atoms with Crippen molar-refractivity contribution in [2.24, 2.45) is 0 Å². The van der Waals surface area contributed by atoms with Gasteiger partial charge in [0.25, 0.3) is 0 Å². The van der Waals surface area contributed by atoms with E-state index in [0.717, 1.165) is 18.7 Å². The number of hydrogen-bond donors (Lipinski definition) is 0. The summed E-state index contributed by atoms with van der Waals surface area (Å²) in [6.07, 6.45) is 0.944. The molecule has 0 fully saturated rings. The summed E-state index contributed by atoms with van der Waals surface area (Å²) in [5.41, 5.74) is 2.46. The number of benzene rings is 1. The molecule has 0 saturated carbocycles. The van der Waals surface area contributed by atoms with Crippen molar-refractivity contribution in [1.29, 1.82) is 0 Å². The first-order chi connectivity index (χ1) is 7.81. The van der Waals surface area contributed by atoms with Crippen LogP contribution in [0.4, 0.5) is 5.69 Å². The van der Waals surface area contributed by atoms with Gasteiger partial charge in [0.2, 0.25) is 0 Å². The molecule has 1 aliphatic heterocycles. The smallest absolute Gasteiger partial charge is 0.124 e. The van der Waals surface area contributed by atoms with E-state index in [-0.39, 0.29) is 0 Å². The standard InChI is InChI=1S/C12H15Cl2NO/c1-16-12-4-2-3-11-10(12)7-9(8-14)15(11)6-5-13/h2-4,9H,5-8H2,1H3. The van der Waals surface area contributed by atoms with Crippen molar-refractivity contribution in [3.63, 3.8) is 0 Å². The number of alkyl halides is 2. The second-order valence-corrected chi connectivity index (χ2v) is 4.54. The Labute approximate surface area is 106 Å². The molecule has 0 bridgehead atoms. The lowest BCUT2D eigenvalue weighted by Crippen LogP contribution is -2.34. The Morgan fingerprint density at radius 3 is 2.88 bits per heavy atom. The van der Waals surface area contributed by atoms with Gasteiger partial charge in [-0.25, -0.2) is 0 Å². The van der Waals surface area contributed by atoms with Crippen LogP contribution in [0.5, 0.6) is 5.75 Å². The zero-order valence-corrected chi connectivity index (χ0v) is 10.8. The lowest BCUT2D eigenvalue weighted by atomic mass is 10.1. The summed E-state index contributed by atoms with van der Waals surface area (Å²) in [5, 5.41) is 0. The van der Waals surface area contributed by atoms with Gasteiger partial charge in [-0.15, -0.1) is 23.2 Å². The highest BCUT2D eigenvalue weighted by Gasteiger charge is 2.30. The number of halogens is 2. The minimum absolute atomic E-state index is 0.340. The minimum Gasteiger partial charge on any atom is -0.496 e. The Kier molecular flexibility index (Phi) is 3.82. The van der Waals surface area contributed by atoms with E-state index in [9.17, 15) is 0 Å². The van der Waals surface area contributed by atoms with Gasteiger partial charge in [0, 0.05) is 35.6 Å². The molecule has 0 N–H and O–H groups in total. The molecule has 1 heterocycles. The predicted octanol–water partition coefficient (Wildman–Crippen LogP) is 2.90. The van der Waals surface area contributed by atoms with E-state index in [2.05, 4.69) is 11.0 Å². The summed E-state index contributed by atoms with van der Waals surface area (Å²) in [6, 6.07) is 6.45. The summed E-state index contributed by atoms with van der Waals surface area (Å²) < 4.78 is 5.37. The van der Waals surface area contributed by atoms with E-state index < -0.39 is 0 Å². The molecular formula is C12H15Cl2NO. The number of nitrogens with zero attached hydrogens (tertiary/aromatic N) is 1. The molecule has 1 unspecified atom stereocenters. The van der Waals surface area contributed by atoms with Crippen LogP contribution in [-0.2, 0) is 6.42 Å². The normalized spacial score (nSPS) is 18.7. The van der Waals surface area contributed by atoms with Gasteiger partial charge in [-0.05, 0) is 18.6 Å². The molecule has 4 heteroatoms. The largest absolute Gasteiger partial charge is 0.496 e. The van der Waals surface area contributed by atoms with Crippen molar-refractivity contribution < 1.29 is 4.74 Å². The Morgan fingerprint density at radius 1 is 1.44 bits per heavy atom. The highest BCUT2D eigenvalue weighted by atomic mass is 35.5. The van der Waals surface area contributed by atoms with Crippen molar-refractivity contribution in [2.75, 3.05) is 30.3 Å². The fourth-order valence-electron chi connectivity index (χ4n) is 2.29. The van der Waals surface area contributed by atoms with Gasteiger partial charge < -0.3 is 9.64 Å². The van der Waals surface area contributed by atoms with Crippen LogP contribution < -0.4 is 9.64 Å². The molecule has 0 radical (unpaired) electrons. The van der Waals surface area contributed by atoms with Crippen LogP contribution in [0.1, 0.15) is 5.56 Å². The third-order valence-corrected chi connectivity index (χ3v) is 3.55. The zero-order chi connectivity index (χ0) is 11.5. The van der Waals surface area contributed by atoms with E-state index >= 15 is 0 Å². The summed E-state index contributed by atoms with van der Waals surface area (Å²) >= 11 is 11.8. The summed E-state index contributed by atoms with van der Waals surface area (Å²) in [7, 11) is 1.70. The van der Waals surface area contributed by atoms with Crippen molar-refractivity contribution in [3.8, 4) is 5.75 Å². The third kappa shape index (κ3) is 1.96. The van der Waals surface area contributed by atoms with E-state index in [4.69, 9.17) is 27.9 Å². The third-order valence-electron chi connectivity index (χ3n) is 3.02. The Balaban J connectivity index is 2.36. The Hall–Kier alpha value is -0.600. The lowest BCUT2D eigenvalue weighted by molar-refractivity contribution is 0.410. The number of methoxy groups -OCH3 is 1. The molecular weight excluding hydrogens is 245 g/mol. The Bertz CT molecular complexity index is 370. The molecule has 2 rings (SSSR count). The van der Waals surface area contributed by atoms with Crippen LogP contribution in [-0.4, -0.2) is 31.5 Å². The molecule has 0 spiro atoms. The second-order valence-electron chi connectivity index (χ2n) is 3.85. The molecule has 1 aliphatic rings. The fourth-order valence-corrected chi connectivity index (χ4v) is 2.75. The monoisotopic (exact) mass is 259 g/mol. The van der Waals surface area contributed by atoms with Crippen molar-refractivity contribution in [3.05, 3.63) is 23.8 Å². The maximum Gasteiger partial charge on any atom is 0.124 e. The van der Waals surface area contributed by atoms with Gasteiger partial charge in [0.15, 0.2) is 0 Å². The predicted molar refractivity (Wildman–Crippen MR) is 69.3 cm³/mol. The average molecular weight is 260 g/mol. The van der Waals surface area contributed by atoms with E-state index in [0.29, 0.717) is 17.8 Å². The first kappa shape index (κ1) is 11.9. The van der Waals surface area contributed by atoms with Gasteiger partial charge in [-0.2, -0.15) is 0 Å². The van der Waals surface area contributed by atoms with Crippen LogP contribution in [0.25, 0.3) is 0 Å². The van der Waals surface area contributed by atoms with E-state index in [1.165, 1.54) is 11.3 Å². The van der Waals surface area contributed by atoms with Crippen molar-refractivity contribution in [2.45, 2.75) is 12.5 Å². The van der Waals surface area contributed by atoms with Crippen LogP contribution in [0, 0.1) is 0 Å². The fraction of sp³-hybridized carbons (Fsp3) is 0.500. The number of anilines is 1. The number of hydrogen-bond acceptors (Lipinski definition) is 2. The quantitative estimate of drug-likeness (QED) is 0.772. The molecule has 0 aromatic heterocycles. The summed E-state index contributed by atoms with van der Waals surface area (Å²) in [4.78, 5) is 2.28. The maximum atomic E-state index is 6.00. The molecule has 0 saturated heterocycles. The molecule has 0 amide bonds. The topological polar surface area (TPSA) is 12.5 Å². The minimum atomic E-state index is 0.340. The number of ether oxygens (including phenoxy) is 1. The molecule has 1 atom stereocenters. The van der Waals surface area contributed by atoms with E-state index in [1.807, 2.05) is 12.1 Å². The molecule has 1 aromatic carbocycles. The number of rotatable bonds is 4. The molecule has 1 aromatic rings. The molecule has 2 nitrogen and oxygen atoms in total. The van der Waals surface area contributed by atoms with Crippen LogP contribution >= 0.6 is 23.2 Å². The van der Waals surface area contributed by atoms with Crippen LogP contribution in [0.3, 0.4) is 0 Å². The first-order valence-corrected chi connectivity index (χ1v) is 6.43.